The molecule has 5 heteroatoms. The quantitative estimate of drug-likeness (QED) is 0.840. The first kappa shape index (κ1) is 15.9. The van der Waals surface area contributed by atoms with Crippen LogP contribution in [0.2, 0.25) is 0 Å². The van der Waals surface area contributed by atoms with E-state index in [1.165, 1.54) is 18.2 Å². The van der Waals surface area contributed by atoms with Gasteiger partial charge in [-0.3, -0.25) is 4.79 Å². The fourth-order valence-electron chi connectivity index (χ4n) is 2.93. The van der Waals surface area contributed by atoms with Gasteiger partial charge in [0.2, 0.25) is 0 Å². The second kappa shape index (κ2) is 6.52. The molecule has 1 aliphatic rings. The van der Waals surface area contributed by atoms with Gasteiger partial charge in [0, 0.05) is 5.56 Å². The van der Waals surface area contributed by atoms with Gasteiger partial charge in [0.1, 0.15) is 5.82 Å². The summed E-state index contributed by atoms with van der Waals surface area (Å²) in [5, 5.41) is 2.95. The van der Waals surface area contributed by atoms with Crippen molar-refractivity contribution in [2.75, 3.05) is 0 Å². The first-order chi connectivity index (χ1) is 9.97. The van der Waals surface area contributed by atoms with Crippen LogP contribution in [0.15, 0.2) is 24.3 Å². The highest BCUT2D eigenvalue weighted by atomic mass is 32.1. The molecule has 0 unspecified atom stereocenters. The summed E-state index contributed by atoms with van der Waals surface area (Å²) in [6.45, 7) is 2.17. The van der Waals surface area contributed by atoms with Crippen LogP contribution < -0.4 is 11.1 Å². The summed E-state index contributed by atoms with van der Waals surface area (Å²) in [5.74, 6) is -0.0856. The minimum Gasteiger partial charge on any atom is -0.391 e. The van der Waals surface area contributed by atoms with Crippen LogP contribution in [0.3, 0.4) is 0 Å². The molecule has 0 spiro atoms. The van der Waals surface area contributed by atoms with Gasteiger partial charge in [0.15, 0.2) is 0 Å². The predicted molar refractivity (Wildman–Crippen MR) is 85.6 cm³/mol. The number of nitrogens with one attached hydrogen (secondary N) is 1. The van der Waals surface area contributed by atoms with Crippen LogP contribution in [0.25, 0.3) is 0 Å². The van der Waals surface area contributed by atoms with Crippen LogP contribution in [-0.2, 0) is 0 Å². The molecule has 0 heterocycles. The van der Waals surface area contributed by atoms with Crippen molar-refractivity contribution in [3.8, 4) is 0 Å². The van der Waals surface area contributed by atoms with E-state index < -0.39 is 11.4 Å². The maximum atomic E-state index is 13.2. The SMILES string of the molecule is CCC1CCC(NC(=O)c2cccc(F)c2)(C(N)=S)CC1. The number of hydrogen-bond donors (Lipinski definition) is 2. The van der Waals surface area contributed by atoms with Crippen molar-refractivity contribution in [2.24, 2.45) is 11.7 Å². The lowest BCUT2D eigenvalue weighted by Gasteiger charge is -2.40. The van der Waals surface area contributed by atoms with Crippen molar-refractivity contribution in [3.05, 3.63) is 35.6 Å². The molecule has 0 aromatic heterocycles. The van der Waals surface area contributed by atoms with E-state index in [1.54, 1.807) is 6.07 Å². The van der Waals surface area contributed by atoms with E-state index in [0.717, 1.165) is 32.1 Å². The Bertz CT molecular complexity index is 539. The van der Waals surface area contributed by atoms with Crippen LogP contribution in [0, 0.1) is 11.7 Å². The van der Waals surface area contributed by atoms with E-state index in [1.807, 2.05) is 0 Å². The maximum Gasteiger partial charge on any atom is 0.252 e. The minimum absolute atomic E-state index is 0.295. The van der Waals surface area contributed by atoms with Crippen LogP contribution in [0.1, 0.15) is 49.4 Å². The molecular formula is C16H21FN2OS. The van der Waals surface area contributed by atoms with Gasteiger partial charge in [-0.15, -0.1) is 0 Å². The lowest BCUT2D eigenvalue weighted by Crippen LogP contribution is -2.58. The fraction of sp³-hybridized carbons (Fsp3) is 0.500. The Kier molecular flexibility index (Phi) is 4.93. The Morgan fingerprint density at radius 1 is 1.48 bits per heavy atom. The second-order valence-electron chi connectivity index (χ2n) is 5.76. The first-order valence-electron chi connectivity index (χ1n) is 7.35. The Morgan fingerprint density at radius 3 is 2.67 bits per heavy atom. The average Bonchev–Trinajstić information content (AvgIpc) is 2.47. The Balaban J connectivity index is 2.14. The number of amides is 1. The number of thiocarbonyl (C=S) groups is 1. The molecule has 2 rings (SSSR count). The highest BCUT2D eigenvalue weighted by Gasteiger charge is 2.39. The number of hydrogen-bond acceptors (Lipinski definition) is 2. The van der Waals surface area contributed by atoms with Crippen molar-refractivity contribution in [2.45, 2.75) is 44.6 Å². The van der Waals surface area contributed by atoms with Crippen LogP contribution in [0.5, 0.6) is 0 Å². The molecule has 0 aliphatic heterocycles. The number of rotatable bonds is 4. The summed E-state index contributed by atoms with van der Waals surface area (Å²) in [6.07, 6.45) is 4.63. The van der Waals surface area contributed by atoms with Gasteiger partial charge in [-0.05, 0) is 49.8 Å². The molecule has 0 atom stereocenters. The van der Waals surface area contributed by atoms with Gasteiger partial charge in [0.05, 0.1) is 10.5 Å². The summed E-state index contributed by atoms with van der Waals surface area (Å²) < 4.78 is 13.2. The van der Waals surface area contributed by atoms with Gasteiger partial charge in [-0.2, -0.15) is 0 Å². The van der Waals surface area contributed by atoms with Crippen LogP contribution in [0.4, 0.5) is 4.39 Å². The zero-order chi connectivity index (χ0) is 15.5. The lowest BCUT2D eigenvalue weighted by atomic mass is 9.75. The minimum atomic E-state index is -0.635. The molecule has 0 saturated heterocycles. The van der Waals surface area contributed by atoms with E-state index in [9.17, 15) is 9.18 Å². The summed E-state index contributed by atoms with van der Waals surface area (Å²) in [4.78, 5) is 12.7. The molecule has 1 aromatic carbocycles. The average molecular weight is 308 g/mol. The normalized spacial score (nSPS) is 25.3. The van der Waals surface area contributed by atoms with E-state index in [0.29, 0.717) is 16.5 Å². The molecule has 1 amide bonds. The number of carbonyl (C=O) groups is 1. The molecule has 1 saturated carbocycles. The molecule has 21 heavy (non-hydrogen) atoms. The van der Waals surface area contributed by atoms with Gasteiger partial charge >= 0.3 is 0 Å². The molecule has 0 bridgehead atoms. The highest BCUT2D eigenvalue weighted by molar-refractivity contribution is 7.80. The topological polar surface area (TPSA) is 55.1 Å². The van der Waals surface area contributed by atoms with Crippen molar-refractivity contribution < 1.29 is 9.18 Å². The van der Waals surface area contributed by atoms with E-state index in [2.05, 4.69) is 12.2 Å². The predicted octanol–water partition coefficient (Wildman–Crippen LogP) is 3.18. The second-order valence-corrected chi connectivity index (χ2v) is 6.20. The summed E-state index contributed by atoms with van der Waals surface area (Å²) in [5.41, 5.74) is 5.55. The molecule has 0 radical (unpaired) electrons. The third-order valence-electron chi connectivity index (χ3n) is 4.45. The van der Waals surface area contributed by atoms with Crippen molar-refractivity contribution >= 4 is 23.1 Å². The Labute approximate surface area is 130 Å². The summed E-state index contributed by atoms with van der Waals surface area (Å²) >= 11 is 5.19. The van der Waals surface area contributed by atoms with Gasteiger partial charge in [-0.1, -0.05) is 31.6 Å². The van der Waals surface area contributed by atoms with Crippen LogP contribution in [-0.4, -0.2) is 16.4 Å². The Hall–Kier alpha value is -1.49. The molecular weight excluding hydrogens is 287 g/mol. The van der Waals surface area contributed by atoms with E-state index in [4.69, 9.17) is 18.0 Å². The highest BCUT2D eigenvalue weighted by Crippen LogP contribution is 2.34. The lowest BCUT2D eigenvalue weighted by molar-refractivity contribution is 0.0898. The molecule has 3 N–H and O–H groups in total. The van der Waals surface area contributed by atoms with E-state index >= 15 is 0 Å². The van der Waals surface area contributed by atoms with Gasteiger partial charge in [-0.25, -0.2) is 4.39 Å². The van der Waals surface area contributed by atoms with Gasteiger partial charge in [0.25, 0.3) is 5.91 Å². The molecule has 1 fully saturated rings. The summed E-state index contributed by atoms with van der Waals surface area (Å²) in [7, 11) is 0. The molecule has 114 valence electrons. The third-order valence-corrected chi connectivity index (χ3v) is 4.84. The smallest absolute Gasteiger partial charge is 0.252 e. The largest absolute Gasteiger partial charge is 0.391 e. The first-order valence-corrected chi connectivity index (χ1v) is 7.75. The van der Waals surface area contributed by atoms with Gasteiger partial charge < -0.3 is 11.1 Å². The summed E-state index contributed by atoms with van der Waals surface area (Å²) in [6, 6.07) is 5.64. The van der Waals surface area contributed by atoms with Crippen molar-refractivity contribution in [1.82, 2.24) is 5.32 Å². The zero-order valence-electron chi connectivity index (χ0n) is 12.2. The van der Waals surface area contributed by atoms with Crippen molar-refractivity contribution in [1.29, 1.82) is 0 Å². The standard InChI is InChI=1S/C16H21FN2OS/c1-2-11-6-8-16(9-7-11,15(18)21)19-14(20)12-4-3-5-13(17)10-12/h3-5,10-11H,2,6-9H2,1H3,(H2,18,21)(H,19,20). The number of benzene rings is 1. The zero-order valence-corrected chi connectivity index (χ0v) is 13.0. The number of nitrogens with two attached hydrogens (primary N) is 1. The number of halogens is 1. The molecule has 3 nitrogen and oxygen atoms in total. The molecule has 1 aromatic rings. The number of carbonyl (C=O) groups excluding carboxylic acids is 1. The monoisotopic (exact) mass is 308 g/mol. The van der Waals surface area contributed by atoms with Crippen LogP contribution >= 0.6 is 12.2 Å². The fourth-order valence-corrected chi connectivity index (χ4v) is 3.19. The third kappa shape index (κ3) is 3.59. The van der Waals surface area contributed by atoms with Crippen molar-refractivity contribution in [3.63, 3.8) is 0 Å². The molecule has 1 aliphatic carbocycles. The maximum absolute atomic E-state index is 13.2. The van der Waals surface area contributed by atoms with E-state index in [-0.39, 0.29) is 5.91 Å². The Morgan fingerprint density at radius 2 is 2.14 bits per heavy atom.